The number of nitrogens with zero attached hydrogens (tertiary/aromatic N) is 5. The fraction of sp³-hybridized carbons (Fsp3) is 0.688. The number of rotatable bonds is 10. The molecule has 0 saturated carbocycles. The number of anilines is 2. The minimum atomic E-state index is -4.67. The summed E-state index contributed by atoms with van der Waals surface area (Å²) >= 11 is 0. The second-order valence-electron chi connectivity index (χ2n) is 6.44. The molecule has 0 spiro atoms. The van der Waals surface area contributed by atoms with Gasteiger partial charge in [0.15, 0.2) is 17.0 Å². The molecule has 0 atom stereocenters. The molecule has 0 aliphatic heterocycles. The fourth-order valence-corrected chi connectivity index (χ4v) is 4.56. The third-order valence-electron chi connectivity index (χ3n) is 4.08. The van der Waals surface area contributed by atoms with E-state index in [0.717, 1.165) is 0 Å². The maximum Gasteiger partial charge on any atom is 0.392 e. The first-order valence-electron chi connectivity index (χ1n) is 9.10. The third-order valence-corrected chi connectivity index (χ3v) is 6.24. The van der Waals surface area contributed by atoms with Crippen LogP contribution in [0.4, 0.5) is 38.1 Å². The van der Waals surface area contributed by atoms with Crippen LogP contribution < -0.4 is 10.6 Å². The molecule has 2 aromatic heterocycles. The summed E-state index contributed by atoms with van der Waals surface area (Å²) in [5, 5.41) is 0. The number of nitrogens with two attached hydrogens (primary N) is 1. The summed E-state index contributed by atoms with van der Waals surface area (Å²) in [6.45, 7) is 5.27. The molecule has 0 unspecified atom stereocenters. The lowest BCUT2D eigenvalue weighted by Crippen LogP contribution is -2.24. The molecule has 0 aliphatic rings. The average molecular weight is 460 g/mol. The lowest BCUT2D eigenvalue weighted by Gasteiger charge is -2.21. The maximum atomic E-state index is 12.5. The summed E-state index contributed by atoms with van der Waals surface area (Å²) in [6.07, 6.45) is -11.5. The minimum absolute atomic E-state index is 0.0333. The highest BCUT2D eigenvalue weighted by atomic mass is 31.1. The van der Waals surface area contributed by atoms with Crippen molar-refractivity contribution in [3.63, 3.8) is 0 Å². The summed E-state index contributed by atoms with van der Waals surface area (Å²) in [7, 11) is -2.41. The SMILES string of the molecule is CCN(CC)c1nc(N)nc2c1ncn2CCOCP(CC(F)(F)F)CC(F)(F)F. The lowest BCUT2D eigenvalue weighted by atomic mass is 10.4. The van der Waals surface area contributed by atoms with Gasteiger partial charge in [0.1, 0.15) is 0 Å². The van der Waals surface area contributed by atoms with Gasteiger partial charge in [0.25, 0.3) is 0 Å². The zero-order valence-corrected chi connectivity index (χ0v) is 17.4. The van der Waals surface area contributed by atoms with Gasteiger partial charge in [0, 0.05) is 19.6 Å². The zero-order chi connectivity index (χ0) is 22.5. The third kappa shape index (κ3) is 7.12. The average Bonchev–Trinajstić information content (AvgIpc) is 2.99. The first-order valence-corrected chi connectivity index (χ1v) is 11.0. The number of hydrogen-bond donors (Lipinski definition) is 1. The van der Waals surface area contributed by atoms with Crippen LogP contribution in [0.5, 0.6) is 0 Å². The van der Waals surface area contributed by atoms with E-state index in [2.05, 4.69) is 15.0 Å². The summed E-state index contributed by atoms with van der Waals surface area (Å²) in [6, 6.07) is 0. The van der Waals surface area contributed by atoms with Crippen molar-refractivity contribution in [2.24, 2.45) is 0 Å². The van der Waals surface area contributed by atoms with Crippen molar-refractivity contribution in [3.05, 3.63) is 6.33 Å². The standard InChI is InChI=1S/C16H23F6N6OP/c1-3-27(4-2)12-11-13(26-14(23)25-12)28(9-24-11)5-6-29-10-30(7-15(17,18)19)8-16(20,21)22/h9H,3-8,10H2,1-2H3,(H2,23,25,26). The highest BCUT2D eigenvalue weighted by Gasteiger charge is 2.38. The number of halogens is 6. The van der Waals surface area contributed by atoms with Crippen molar-refractivity contribution >= 4 is 30.9 Å². The summed E-state index contributed by atoms with van der Waals surface area (Å²) in [5.74, 6) is 0.590. The molecule has 0 bridgehead atoms. The van der Waals surface area contributed by atoms with Gasteiger partial charge < -0.3 is 19.9 Å². The zero-order valence-electron chi connectivity index (χ0n) is 16.5. The molecule has 7 nitrogen and oxygen atoms in total. The van der Waals surface area contributed by atoms with E-state index in [-0.39, 0.29) is 19.1 Å². The number of fused-ring (bicyclic) bond motifs is 1. The molecule has 2 heterocycles. The van der Waals surface area contributed by atoms with E-state index in [9.17, 15) is 26.3 Å². The van der Waals surface area contributed by atoms with E-state index in [1.807, 2.05) is 18.7 Å². The highest BCUT2D eigenvalue weighted by molar-refractivity contribution is 7.57. The minimum Gasteiger partial charge on any atom is -0.375 e. The van der Waals surface area contributed by atoms with Crippen LogP contribution >= 0.6 is 7.92 Å². The Labute approximate surface area is 170 Å². The van der Waals surface area contributed by atoms with Crippen molar-refractivity contribution in [3.8, 4) is 0 Å². The molecule has 0 aliphatic carbocycles. The predicted molar refractivity (Wildman–Crippen MR) is 103 cm³/mol. The Morgan fingerprint density at radius 3 is 2.20 bits per heavy atom. The summed E-state index contributed by atoms with van der Waals surface area (Å²) < 4.78 is 82.0. The fourth-order valence-electron chi connectivity index (χ4n) is 2.86. The Morgan fingerprint density at radius 1 is 1.07 bits per heavy atom. The molecule has 0 radical (unpaired) electrons. The molecular weight excluding hydrogens is 437 g/mol. The molecule has 30 heavy (non-hydrogen) atoms. The molecule has 0 fully saturated rings. The Kier molecular flexibility index (Phi) is 8.09. The molecule has 2 N–H and O–H groups in total. The first-order chi connectivity index (χ1) is 13.9. The topological polar surface area (TPSA) is 82.1 Å². The molecule has 2 aromatic rings. The molecule has 14 heteroatoms. The summed E-state index contributed by atoms with van der Waals surface area (Å²) in [4.78, 5) is 14.6. The van der Waals surface area contributed by atoms with E-state index in [1.54, 1.807) is 4.57 Å². The number of nitrogen functional groups attached to an aromatic ring is 1. The van der Waals surface area contributed by atoms with Gasteiger partial charge in [-0.1, -0.05) is 7.92 Å². The number of imidazole rings is 1. The van der Waals surface area contributed by atoms with Gasteiger partial charge in [-0.3, -0.25) is 0 Å². The molecular formula is C16H23F6N6OP. The van der Waals surface area contributed by atoms with Gasteiger partial charge in [-0.2, -0.15) is 36.3 Å². The van der Waals surface area contributed by atoms with Crippen molar-refractivity contribution < 1.29 is 31.1 Å². The molecule has 2 rings (SSSR count). The van der Waals surface area contributed by atoms with Crippen LogP contribution in [0, 0.1) is 0 Å². The van der Waals surface area contributed by atoms with Gasteiger partial charge in [-0.15, -0.1) is 0 Å². The molecule has 0 aromatic carbocycles. The van der Waals surface area contributed by atoms with E-state index in [1.165, 1.54) is 6.33 Å². The quantitative estimate of drug-likeness (QED) is 0.330. The van der Waals surface area contributed by atoms with E-state index < -0.39 is 38.9 Å². The van der Waals surface area contributed by atoms with Crippen LogP contribution in [0.3, 0.4) is 0 Å². The van der Waals surface area contributed by atoms with E-state index in [0.29, 0.717) is 30.1 Å². The molecule has 170 valence electrons. The largest absolute Gasteiger partial charge is 0.392 e. The molecule has 0 saturated heterocycles. The smallest absolute Gasteiger partial charge is 0.375 e. The second kappa shape index (κ2) is 9.95. The van der Waals surface area contributed by atoms with Crippen LogP contribution in [-0.2, 0) is 11.3 Å². The van der Waals surface area contributed by atoms with Crippen molar-refractivity contribution in [1.29, 1.82) is 0 Å². The van der Waals surface area contributed by atoms with Crippen LogP contribution in [0.15, 0.2) is 6.33 Å². The van der Waals surface area contributed by atoms with Crippen LogP contribution in [-0.4, -0.2) is 70.2 Å². The van der Waals surface area contributed by atoms with Crippen LogP contribution in [0.25, 0.3) is 11.2 Å². The Balaban J connectivity index is 2.05. The lowest BCUT2D eigenvalue weighted by molar-refractivity contribution is -0.112. The van der Waals surface area contributed by atoms with Crippen LogP contribution in [0.2, 0.25) is 0 Å². The molecule has 0 amide bonds. The van der Waals surface area contributed by atoms with Gasteiger partial charge >= 0.3 is 12.4 Å². The monoisotopic (exact) mass is 460 g/mol. The first kappa shape index (κ1) is 24.4. The Hall–Kier alpha value is -1.88. The van der Waals surface area contributed by atoms with Gasteiger partial charge in [-0.05, 0) is 13.8 Å². The Morgan fingerprint density at radius 2 is 1.67 bits per heavy atom. The number of ether oxygens (including phenoxy) is 1. The van der Waals surface area contributed by atoms with Gasteiger partial charge in [-0.25, -0.2) is 4.98 Å². The normalized spacial score (nSPS) is 12.8. The number of hydrogen-bond acceptors (Lipinski definition) is 6. The van der Waals surface area contributed by atoms with Gasteiger partial charge in [0.2, 0.25) is 5.95 Å². The Bertz CT molecular complexity index is 807. The van der Waals surface area contributed by atoms with Crippen molar-refractivity contribution in [2.45, 2.75) is 32.7 Å². The predicted octanol–water partition coefficient (Wildman–Crippen LogP) is 3.84. The second-order valence-corrected chi connectivity index (χ2v) is 8.67. The summed E-state index contributed by atoms with van der Waals surface area (Å²) in [5.41, 5.74) is 6.70. The number of alkyl halides is 6. The van der Waals surface area contributed by atoms with Gasteiger partial charge in [0.05, 0.1) is 31.6 Å². The van der Waals surface area contributed by atoms with Crippen LogP contribution in [0.1, 0.15) is 13.8 Å². The maximum absolute atomic E-state index is 12.5. The van der Waals surface area contributed by atoms with Crippen molar-refractivity contribution in [1.82, 2.24) is 19.5 Å². The number of aromatic nitrogens is 4. The van der Waals surface area contributed by atoms with E-state index >= 15 is 0 Å². The van der Waals surface area contributed by atoms with Crippen molar-refractivity contribution in [2.75, 3.05) is 49.0 Å². The van der Waals surface area contributed by atoms with E-state index in [4.69, 9.17) is 10.5 Å². The highest BCUT2D eigenvalue weighted by Crippen LogP contribution is 2.45.